The number of ether oxygens (including phenoxy) is 2. The van der Waals surface area contributed by atoms with E-state index in [1.165, 1.54) is 5.69 Å². The normalized spacial score (nSPS) is 15.3. The van der Waals surface area contributed by atoms with Crippen molar-refractivity contribution in [3.8, 4) is 11.5 Å². The Kier molecular flexibility index (Phi) is 7.19. The first-order chi connectivity index (χ1) is 14.1. The smallest absolute Gasteiger partial charge is 0.193 e. The fourth-order valence-electron chi connectivity index (χ4n) is 3.45. The van der Waals surface area contributed by atoms with Crippen LogP contribution in [0.3, 0.4) is 0 Å². The van der Waals surface area contributed by atoms with Gasteiger partial charge in [0.2, 0.25) is 0 Å². The number of nitrogens with zero attached hydrogens (tertiary/aromatic N) is 2. The molecule has 2 aromatic rings. The monoisotopic (exact) mass is 398 g/mol. The van der Waals surface area contributed by atoms with E-state index in [4.69, 9.17) is 15.2 Å². The third-order valence-electron chi connectivity index (χ3n) is 5.28. The van der Waals surface area contributed by atoms with Gasteiger partial charge < -0.3 is 30.5 Å². The topological polar surface area (TPSA) is 92.3 Å². The van der Waals surface area contributed by atoms with Gasteiger partial charge in [-0.05, 0) is 48.6 Å². The number of aliphatic imine (C=N–C) groups is 1. The minimum atomic E-state index is 0.294. The predicted octanol–water partition coefficient (Wildman–Crippen LogP) is 2.84. The molecule has 0 bridgehead atoms. The van der Waals surface area contributed by atoms with Crippen LogP contribution in [0.15, 0.2) is 47.5 Å². The number of nitrogens with one attached hydrogen (secondary N) is 1. The molecule has 3 rings (SSSR count). The molecule has 0 spiro atoms. The van der Waals surface area contributed by atoms with E-state index >= 15 is 0 Å². The molecule has 4 N–H and O–H groups in total. The maximum absolute atomic E-state index is 9.28. The van der Waals surface area contributed by atoms with E-state index in [1.54, 1.807) is 14.2 Å². The van der Waals surface area contributed by atoms with E-state index in [1.807, 2.05) is 18.2 Å². The average Bonchev–Trinajstić information content (AvgIpc) is 2.78. The second-order valence-corrected chi connectivity index (χ2v) is 7.17. The highest BCUT2D eigenvalue weighted by Crippen LogP contribution is 2.28. The molecule has 1 aliphatic rings. The van der Waals surface area contributed by atoms with Crippen LogP contribution in [-0.2, 0) is 6.54 Å². The number of nitrogens with two attached hydrogens (primary N) is 1. The van der Waals surface area contributed by atoms with Crippen LogP contribution >= 0.6 is 0 Å². The Morgan fingerprint density at radius 2 is 1.86 bits per heavy atom. The van der Waals surface area contributed by atoms with E-state index in [9.17, 15) is 5.11 Å². The summed E-state index contributed by atoms with van der Waals surface area (Å²) in [6.45, 7) is 2.75. The number of benzene rings is 2. The van der Waals surface area contributed by atoms with Gasteiger partial charge in [-0.3, -0.25) is 0 Å². The summed E-state index contributed by atoms with van der Waals surface area (Å²) in [5.74, 6) is 2.13. The second-order valence-electron chi connectivity index (χ2n) is 7.17. The second kappa shape index (κ2) is 10.0. The molecule has 1 aliphatic heterocycles. The highest BCUT2D eigenvalue weighted by atomic mass is 16.5. The first-order valence-corrected chi connectivity index (χ1v) is 9.86. The van der Waals surface area contributed by atoms with Crippen molar-refractivity contribution in [1.82, 2.24) is 0 Å². The number of aliphatic hydroxyl groups excluding tert-OH is 1. The van der Waals surface area contributed by atoms with Crippen LogP contribution in [-0.4, -0.2) is 45.0 Å². The molecule has 1 heterocycles. The van der Waals surface area contributed by atoms with Crippen molar-refractivity contribution in [3.63, 3.8) is 0 Å². The Hall–Kier alpha value is -2.93. The van der Waals surface area contributed by atoms with E-state index < -0.39 is 0 Å². The van der Waals surface area contributed by atoms with Crippen LogP contribution in [0.2, 0.25) is 0 Å². The van der Waals surface area contributed by atoms with Gasteiger partial charge in [0, 0.05) is 31.5 Å². The Morgan fingerprint density at radius 3 is 2.48 bits per heavy atom. The van der Waals surface area contributed by atoms with Crippen LogP contribution in [0.25, 0.3) is 0 Å². The van der Waals surface area contributed by atoms with Crippen molar-refractivity contribution in [3.05, 3.63) is 48.0 Å². The molecule has 7 nitrogen and oxygen atoms in total. The van der Waals surface area contributed by atoms with E-state index in [0.717, 1.165) is 31.5 Å². The number of guanidine groups is 1. The van der Waals surface area contributed by atoms with Crippen molar-refractivity contribution in [2.45, 2.75) is 19.4 Å². The van der Waals surface area contributed by atoms with Gasteiger partial charge >= 0.3 is 0 Å². The standard InChI is InChI=1S/C22H30N4O3/c1-28-19-7-8-21(29-2)20(13-19)25-22(23)24-14-16-3-5-18(6-4-16)26-11-9-17(15-27)10-12-26/h3-8,13,17,27H,9-12,14-15H2,1-2H3,(H3,23,24,25). The summed E-state index contributed by atoms with van der Waals surface area (Å²) in [5.41, 5.74) is 9.05. The van der Waals surface area contributed by atoms with Gasteiger partial charge in [0.05, 0.1) is 26.5 Å². The maximum atomic E-state index is 9.28. The van der Waals surface area contributed by atoms with Crippen molar-refractivity contribution in [2.75, 3.05) is 44.1 Å². The molecule has 7 heteroatoms. The third kappa shape index (κ3) is 5.54. The Bertz CT molecular complexity index is 815. The summed E-state index contributed by atoms with van der Waals surface area (Å²) in [4.78, 5) is 6.79. The summed E-state index contributed by atoms with van der Waals surface area (Å²) >= 11 is 0. The zero-order valence-corrected chi connectivity index (χ0v) is 17.1. The number of piperidine rings is 1. The molecule has 0 radical (unpaired) electrons. The molecule has 0 aliphatic carbocycles. The Balaban J connectivity index is 1.58. The van der Waals surface area contributed by atoms with Gasteiger partial charge in [-0.1, -0.05) is 12.1 Å². The Morgan fingerprint density at radius 1 is 1.14 bits per heavy atom. The number of hydrogen-bond acceptors (Lipinski definition) is 5. The van der Waals surface area contributed by atoms with Crippen molar-refractivity contribution in [2.24, 2.45) is 16.6 Å². The van der Waals surface area contributed by atoms with E-state index in [-0.39, 0.29) is 0 Å². The molecular weight excluding hydrogens is 368 g/mol. The lowest BCUT2D eigenvalue weighted by molar-refractivity contribution is 0.203. The number of anilines is 2. The van der Waals surface area contributed by atoms with E-state index in [0.29, 0.717) is 42.2 Å². The molecule has 2 aromatic carbocycles. The van der Waals surface area contributed by atoms with Crippen LogP contribution < -0.4 is 25.4 Å². The largest absolute Gasteiger partial charge is 0.497 e. The van der Waals surface area contributed by atoms with Crippen LogP contribution in [0.5, 0.6) is 11.5 Å². The molecular formula is C22H30N4O3. The molecule has 156 valence electrons. The minimum Gasteiger partial charge on any atom is -0.497 e. The number of methoxy groups -OCH3 is 2. The van der Waals surface area contributed by atoms with Gasteiger partial charge in [-0.2, -0.15) is 0 Å². The lowest BCUT2D eigenvalue weighted by Crippen LogP contribution is -2.34. The van der Waals surface area contributed by atoms with Crippen molar-refractivity contribution in [1.29, 1.82) is 0 Å². The zero-order chi connectivity index (χ0) is 20.6. The summed E-state index contributed by atoms with van der Waals surface area (Å²) < 4.78 is 10.6. The Labute approximate surface area is 172 Å². The number of hydrogen-bond donors (Lipinski definition) is 3. The number of rotatable bonds is 7. The van der Waals surface area contributed by atoms with Gasteiger partial charge in [0.1, 0.15) is 11.5 Å². The quantitative estimate of drug-likeness (QED) is 0.491. The van der Waals surface area contributed by atoms with Crippen LogP contribution in [0.4, 0.5) is 11.4 Å². The highest BCUT2D eigenvalue weighted by molar-refractivity contribution is 5.94. The minimum absolute atomic E-state index is 0.294. The highest BCUT2D eigenvalue weighted by Gasteiger charge is 2.18. The predicted molar refractivity (Wildman–Crippen MR) is 117 cm³/mol. The van der Waals surface area contributed by atoms with Gasteiger partial charge in [-0.25, -0.2) is 4.99 Å². The molecule has 0 amide bonds. The van der Waals surface area contributed by atoms with E-state index in [2.05, 4.69) is 39.5 Å². The van der Waals surface area contributed by atoms with Crippen molar-refractivity contribution < 1.29 is 14.6 Å². The van der Waals surface area contributed by atoms with Crippen LogP contribution in [0.1, 0.15) is 18.4 Å². The lowest BCUT2D eigenvalue weighted by atomic mass is 9.97. The molecule has 1 saturated heterocycles. The molecule has 0 unspecified atom stereocenters. The first kappa shape index (κ1) is 20.8. The number of aliphatic hydroxyl groups is 1. The van der Waals surface area contributed by atoms with Crippen LogP contribution in [0, 0.1) is 5.92 Å². The average molecular weight is 399 g/mol. The van der Waals surface area contributed by atoms with Gasteiger partial charge in [0.25, 0.3) is 0 Å². The summed E-state index contributed by atoms with van der Waals surface area (Å²) in [6, 6.07) is 13.9. The molecule has 0 atom stereocenters. The fraction of sp³-hybridized carbons (Fsp3) is 0.409. The van der Waals surface area contributed by atoms with Gasteiger partial charge in [-0.15, -0.1) is 0 Å². The van der Waals surface area contributed by atoms with Crippen molar-refractivity contribution >= 4 is 17.3 Å². The molecule has 0 aromatic heterocycles. The summed E-state index contributed by atoms with van der Waals surface area (Å²) in [7, 11) is 3.22. The summed E-state index contributed by atoms with van der Waals surface area (Å²) in [6.07, 6.45) is 2.08. The SMILES string of the molecule is COc1ccc(OC)c(NC(N)=NCc2ccc(N3CCC(CO)CC3)cc2)c1. The zero-order valence-electron chi connectivity index (χ0n) is 17.1. The first-order valence-electron chi connectivity index (χ1n) is 9.86. The third-order valence-corrected chi connectivity index (χ3v) is 5.28. The molecule has 29 heavy (non-hydrogen) atoms. The maximum Gasteiger partial charge on any atom is 0.193 e. The van der Waals surface area contributed by atoms with Gasteiger partial charge in [0.15, 0.2) is 5.96 Å². The molecule has 0 saturated carbocycles. The molecule has 1 fully saturated rings. The lowest BCUT2D eigenvalue weighted by Gasteiger charge is -2.32. The summed E-state index contributed by atoms with van der Waals surface area (Å²) in [5, 5.41) is 12.4. The fourth-order valence-corrected chi connectivity index (χ4v) is 3.45.